The molecule has 4 fully saturated rings. The second-order valence-electron chi connectivity index (χ2n) is 10.6. The Labute approximate surface area is 154 Å². The summed E-state index contributed by atoms with van der Waals surface area (Å²) in [5, 5.41) is 9.34. The van der Waals surface area contributed by atoms with E-state index < -0.39 is 0 Å². The van der Waals surface area contributed by atoms with Crippen LogP contribution in [0, 0.1) is 46.3 Å². The summed E-state index contributed by atoms with van der Waals surface area (Å²) in [7, 11) is 0. The molecule has 2 heteroatoms. The van der Waals surface area contributed by atoms with Crippen LogP contribution in [0.4, 0.5) is 0 Å². The number of hydrogen-bond donors (Lipinski definition) is 1. The monoisotopic (exact) mass is 346 g/mol. The van der Waals surface area contributed by atoms with Gasteiger partial charge in [-0.05, 0) is 112 Å². The molecule has 0 aromatic carbocycles. The maximum atomic E-state index is 12.2. The van der Waals surface area contributed by atoms with Crippen molar-refractivity contribution in [3.8, 4) is 0 Å². The fourth-order valence-electron chi connectivity index (χ4n) is 8.46. The van der Waals surface area contributed by atoms with Crippen molar-refractivity contribution in [3.63, 3.8) is 0 Å². The van der Waals surface area contributed by atoms with Crippen LogP contribution in [-0.2, 0) is 4.79 Å². The first-order valence-corrected chi connectivity index (χ1v) is 11.0. The second kappa shape index (κ2) is 6.36. The predicted octanol–water partition coefficient (Wildman–Crippen LogP) is 5.23. The van der Waals surface area contributed by atoms with Crippen molar-refractivity contribution in [1.29, 1.82) is 0 Å². The van der Waals surface area contributed by atoms with Gasteiger partial charge >= 0.3 is 0 Å². The number of aliphatic hydroxyl groups is 1. The summed E-state index contributed by atoms with van der Waals surface area (Å²) in [6, 6.07) is 0. The van der Waals surface area contributed by atoms with Gasteiger partial charge in [0.25, 0.3) is 0 Å². The lowest BCUT2D eigenvalue weighted by Gasteiger charge is -2.61. The van der Waals surface area contributed by atoms with Gasteiger partial charge in [-0.25, -0.2) is 0 Å². The van der Waals surface area contributed by atoms with E-state index in [4.69, 9.17) is 0 Å². The molecule has 0 bridgehead atoms. The lowest BCUT2D eigenvalue weighted by Crippen LogP contribution is -2.53. The average molecular weight is 347 g/mol. The van der Waals surface area contributed by atoms with Gasteiger partial charge in [0.15, 0.2) is 0 Å². The average Bonchev–Trinajstić information content (AvgIpc) is 2.93. The fraction of sp³-hybridized carbons (Fsp3) is 0.957. The minimum Gasteiger partial charge on any atom is -0.396 e. The van der Waals surface area contributed by atoms with E-state index in [2.05, 4.69) is 13.8 Å². The normalized spacial score (nSPS) is 52.2. The number of ketones is 1. The van der Waals surface area contributed by atoms with Gasteiger partial charge in [-0.1, -0.05) is 13.8 Å². The molecule has 0 spiro atoms. The van der Waals surface area contributed by atoms with Gasteiger partial charge in [0.05, 0.1) is 0 Å². The molecule has 0 aliphatic heterocycles. The first-order chi connectivity index (χ1) is 11.9. The van der Waals surface area contributed by atoms with E-state index in [0.717, 1.165) is 42.4 Å². The molecule has 1 N–H and O–H groups in total. The molecule has 142 valence electrons. The SMILES string of the molecule is CC(=O)[C@H]1CC[C@H]2[C@@H]3CC[C@@H]4C[C@H](CCO)CC[C@]4(C)[C@H]3CC[C@]12C. The molecule has 0 aromatic rings. The molecule has 4 rings (SSSR count). The number of hydrogen-bond acceptors (Lipinski definition) is 2. The van der Waals surface area contributed by atoms with Crippen LogP contribution >= 0.6 is 0 Å². The highest BCUT2D eigenvalue weighted by Crippen LogP contribution is 2.67. The Morgan fingerprint density at radius 2 is 1.68 bits per heavy atom. The molecule has 25 heavy (non-hydrogen) atoms. The number of carbonyl (C=O) groups is 1. The van der Waals surface area contributed by atoms with Crippen molar-refractivity contribution in [3.05, 3.63) is 0 Å². The largest absolute Gasteiger partial charge is 0.396 e. The van der Waals surface area contributed by atoms with Gasteiger partial charge in [-0.15, -0.1) is 0 Å². The molecular weight excluding hydrogens is 308 g/mol. The van der Waals surface area contributed by atoms with Crippen molar-refractivity contribution in [2.24, 2.45) is 46.3 Å². The molecule has 0 heterocycles. The molecule has 0 aromatic heterocycles. The van der Waals surface area contributed by atoms with Crippen molar-refractivity contribution in [2.75, 3.05) is 6.61 Å². The van der Waals surface area contributed by atoms with Crippen LogP contribution in [0.2, 0.25) is 0 Å². The predicted molar refractivity (Wildman–Crippen MR) is 101 cm³/mol. The summed E-state index contributed by atoms with van der Waals surface area (Å²) in [5.41, 5.74) is 0.828. The minimum atomic E-state index is 0.296. The quantitative estimate of drug-likeness (QED) is 0.759. The zero-order valence-corrected chi connectivity index (χ0v) is 16.6. The van der Waals surface area contributed by atoms with Gasteiger partial charge in [0.2, 0.25) is 0 Å². The van der Waals surface area contributed by atoms with E-state index in [0.29, 0.717) is 29.1 Å². The third kappa shape index (κ3) is 2.65. The van der Waals surface area contributed by atoms with E-state index in [1.807, 2.05) is 6.92 Å². The molecule has 0 radical (unpaired) electrons. The number of carbonyl (C=O) groups excluding carboxylic acids is 1. The summed E-state index contributed by atoms with van der Waals surface area (Å²) in [6.07, 6.45) is 13.0. The van der Waals surface area contributed by atoms with Gasteiger partial charge < -0.3 is 5.11 Å². The molecule has 4 saturated carbocycles. The summed E-state index contributed by atoms with van der Waals surface area (Å²) in [6.45, 7) is 7.28. The number of fused-ring (bicyclic) bond motifs is 5. The molecule has 4 aliphatic carbocycles. The van der Waals surface area contributed by atoms with Gasteiger partial charge in [0, 0.05) is 12.5 Å². The Kier molecular flexibility index (Phi) is 4.58. The maximum absolute atomic E-state index is 12.2. The summed E-state index contributed by atoms with van der Waals surface area (Å²) in [4.78, 5) is 12.2. The molecule has 0 amide bonds. The lowest BCUT2D eigenvalue weighted by molar-refractivity contribution is -0.135. The van der Waals surface area contributed by atoms with Crippen LogP contribution in [0.25, 0.3) is 0 Å². The third-order valence-corrected chi connectivity index (χ3v) is 9.80. The Balaban J connectivity index is 1.55. The van der Waals surface area contributed by atoms with Crippen LogP contribution in [0.5, 0.6) is 0 Å². The second-order valence-corrected chi connectivity index (χ2v) is 10.6. The van der Waals surface area contributed by atoms with Crippen molar-refractivity contribution in [2.45, 2.75) is 85.0 Å². The van der Waals surface area contributed by atoms with Gasteiger partial charge in [0.1, 0.15) is 5.78 Å². The van der Waals surface area contributed by atoms with Crippen LogP contribution < -0.4 is 0 Å². The Bertz CT molecular complexity index is 528. The Morgan fingerprint density at radius 3 is 2.40 bits per heavy atom. The van der Waals surface area contributed by atoms with Crippen molar-refractivity contribution in [1.82, 2.24) is 0 Å². The topological polar surface area (TPSA) is 37.3 Å². The Morgan fingerprint density at radius 1 is 0.960 bits per heavy atom. The first kappa shape index (κ1) is 18.0. The zero-order chi connectivity index (χ0) is 17.8. The van der Waals surface area contributed by atoms with Crippen LogP contribution in [-0.4, -0.2) is 17.5 Å². The highest BCUT2D eigenvalue weighted by molar-refractivity contribution is 5.79. The van der Waals surface area contributed by atoms with E-state index in [9.17, 15) is 9.90 Å². The summed E-state index contributed by atoms with van der Waals surface area (Å²) < 4.78 is 0. The van der Waals surface area contributed by atoms with Gasteiger partial charge in [-0.2, -0.15) is 0 Å². The fourth-order valence-corrected chi connectivity index (χ4v) is 8.46. The lowest BCUT2D eigenvalue weighted by atomic mass is 9.44. The molecule has 8 atom stereocenters. The van der Waals surface area contributed by atoms with E-state index in [1.54, 1.807) is 0 Å². The zero-order valence-electron chi connectivity index (χ0n) is 16.6. The van der Waals surface area contributed by atoms with E-state index in [1.165, 1.54) is 51.4 Å². The Hall–Kier alpha value is -0.370. The highest BCUT2D eigenvalue weighted by Gasteiger charge is 2.60. The summed E-state index contributed by atoms with van der Waals surface area (Å²) >= 11 is 0. The van der Waals surface area contributed by atoms with Crippen molar-refractivity contribution < 1.29 is 9.90 Å². The molecule has 2 nitrogen and oxygen atoms in total. The van der Waals surface area contributed by atoms with Crippen LogP contribution in [0.1, 0.15) is 85.0 Å². The number of Topliss-reactive ketones (excluding diaryl/α,β-unsaturated/α-hetero) is 1. The van der Waals surface area contributed by atoms with E-state index in [-0.39, 0.29) is 0 Å². The third-order valence-electron chi connectivity index (χ3n) is 9.80. The molecule has 0 saturated heterocycles. The van der Waals surface area contributed by atoms with Crippen LogP contribution in [0.15, 0.2) is 0 Å². The van der Waals surface area contributed by atoms with E-state index >= 15 is 0 Å². The van der Waals surface area contributed by atoms with Crippen molar-refractivity contribution >= 4 is 5.78 Å². The maximum Gasteiger partial charge on any atom is 0.133 e. The first-order valence-electron chi connectivity index (χ1n) is 11.0. The minimum absolute atomic E-state index is 0.296. The highest BCUT2D eigenvalue weighted by atomic mass is 16.3. The smallest absolute Gasteiger partial charge is 0.133 e. The van der Waals surface area contributed by atoms with Gasteiger partial charge in [-0.3, -0.25) is 4.79 Å². The van der Waals surface area contributed by atoms with Crippen LogP contribution in [0.3, 0.4) is 0 Å². The number of rotatable bonds is 3. The standard InChI is InChI=1S/C23H38O2/c1-15(25)19-6-7-20-18-5-4-17-14-16(10-13-24)8-11-22(17,2)21(18)9-12-23(19,20)3/h16-21,24H,4-14H2,1-3H3/t16-,17+,18-,19+,20-,21-,22-,23+/m0/s1. The molecule has 0 unspecified atom stereocenters. The molecular formula is C23H38O2. The number of aliphatic hydroxyl groups excluding tert-OH is 1. The summed E-state index contributed by atoms with van der Waals surface area (Å²) in [5.74, 6) is 5.00. The molecule has 4 aliphatic rings.